The third kappa shape index (κ3) is 4.51. The molecule has 2 atom stereocenters. The Bertz CT molecular complexity index is 498. The average molecular weight is 328 g/mol. The molecule has 0 aliphatic heterocycles. The van der Waals surface area contributed by atoms with Gasteiger partial charge in [0, 0.05) is 17.8 Å². The van der Waals surface area contributed by atoms with Crippen molar-refractivity contribution in [3.8, 4) is 0 Å². The summed E-state index contributed by atoms with van der Waals surface area (Å²) >= 11 is 7.98. The van der Waals surface area contributed by atoms with Gasteiger partial charge in [-0.1, -0.05) is 18.5 Å². The molecular formula is C15H22ClN3OS. The zero-order chi connectivity index (χ0) is 15.2. The Balaban J connectivity index is 2.01. The summed E-state index contributed by atoms with van der Waals surface area (Å²) in [5, 5.41) is 7.28. The number of carbonyl (C=O) groups excluding carboxylic acids is 1. The van der Waals surface area contributed by atoms with Crippen LogP contribution >= 0.6 is 23.4 Å². The van der Waals surface area contributed by atoms with E-state index in [4.69, 9.17) is 11.6 Å². The van der Waals surface area contributed by atoms with E-state index in [-0.39, 0.29) is 11.9 Å². The fourth-order valence-corrected chi connectivity index (χ4v) is 3.48. The summed E-state index contributed by atoms with van der Waals surface area (Å²) in [6.45, 7) is 2.91. The predicted octanol–water partition coefficient (Wildman–Crippen LogP) is 3.57. The van der Waals surface area contributed by atoms with E-state index in [0.717, 1.165) is 32.2 Å². The van der Waals surface area contributed by atoms with E-state index < -0.39 is 0 Å². The standard InChI is InChI=1S/C15H22ClN3OS/c1-3-8-17-13-7-6-12(16)14(19-13)15(20)18-10-4-5-11(9-10)21-2/h6-7,10-11H,3-5,8-9H2,1-2H3,(H,17,19)(H,18,20). The zero-order valence-corrected chi connectivity index (χ0v) is 14.1. The van der Waals surface area contributed by atoms with E-state index >= 15 is 0 Å². The third-order valence-corrected chi connectivity index (χ3v) is 5.07. The molecule has 1 aliphatic carbocycles. The van der Waals surface area contributed by atoms with Crippen LogP contribution in [0, 0.1) is 0 Å². The number of aromatic nitrogens is 1. The highest BCUT2D eigenvalue weighted by Crippen LogP contribution is 2.28. The van der Waals surface area contributed by atoms with Gasteiger partial charge in [-0.3, -0.25) is 4.79 Å². The molecule has 21 heavy (non-hydrogen) atoms. The average Bonchev–Trinajstić information content (AvgIpc) is 2.94. The lowest BCUT2D eigenvalue weighted by Gasteiger charge is -2.14. The minimum atomic E-state index is -0.174. The first-order valence-electron chi connectivity index (χ1n) is 7.38. The van der Waals surface area contributed by atoms with Gasteiger partial charge in [-0.25, -0.2) is 4.98 Å². The van der Waals surface area contributed by atoms with Gasteiger partial charge < -0.3 is 10.6 Å². The van der Waals surface area contributed by atoms with Crippen molar-refractivity contribution in [1.82, 2.24) is 10.3 Å². The van der Waals surface area contributed by atoms with Crippen LogP contribution in [0.4, 0.5) is 5.82 Å². The molecule has 0 bridgehead atoms. The van der Waals surface area contributed by atoms with Crippen LogP contribution in [0.1, 0.15) is 43.1 Å². The Morgan fingerprint density at radius 3 is 2.95 bits per heavy atom. The van der Waals surface area contributed by atoms with Gasteiger partial charge >= 0.3 is 0 Å². The van der Waals surface area contributed by atoms with E-state index in [0.29, 0.717) is 21.8 Å². The first-order chi connectivity index (χ1) is 10.1. The second-order valence-corrected chi connectivity index (χ2v) is 6.84. The Hall–Kier alpha value is -0.940. The SMILES string of the molecule is CCCNc1ccc(Cl)c(C(=O)NC2CCC(SC)C2)n1. The molecule has 0 radical (unpaired) electrons. The third-order valence-electron chi connectivity index (χ3n) is 3.67. The summed E-state index contributed by atoms with van der Waals surface area (Å²) in [6.07, 6.45) is 6.34. The molecule has 1 heterocycles. The maximum Gasteiger partial charge on any atom is 0.271 e. The molecule has 0 saturated heterocycles. The van der Waals surface area contributed by atoms with Gasteiger partial charge in [0.05, 0.1) is 5.02 Å². The van der Waals surface area contributed by atoms with E-state index in [9.17, 15) is 4.79 Å². The highest BCUT2D eigenvalue weighted by molar-refractivity contribution is 7.99. The molecule has 1 fully saturated rings. The highest BCUT2D eigenvalue weighted by Gasteiger charge is 2.26. The number of carbonyl (C=O) groups is 1. The number of nitrogens with one attached hydrogen (secondary N) is 2. The number of rotatable bonds is 6. The summed E-state index contributed by atoms with van der Waals surface area (Å²) in [6, 6.07) is 3.76. The second kappa shape index (κ2) is 7.90. The number of nitrogens with zero attached hydrogens (tertiary/aromatic N) is 1. The van der Waals surface area contributed by atoms with Gasteiger partial charge in [0.15, 0.2) is 0 Å². The van der Waals surface area contributed by atoms with Gasteiger partial charge in [0.2, 0.25) is 0 Å². The van der Waals surface area contributed by atoms with Gasteiger partial charge in [-0.2, -0.15) is 11.8 Å². The maximum atomic E-state index is 12.3. The molecule has 2 N–H and O–H groups in total. The van der Waals surface area contributed by atoms with Gasteiger partial charge in [0.1, 0.15) is 11.5 Å². The molecule has 6 heteroatoms. The first kappa shape index (κ1) is 16.4. The number of amides is 1. The van der Waals surface area contributed by atoms with Crippen molar-refractivity contribution in [2.45, 2.75) is 43.9 Å². The quantitative estimate of drug-likeness (QED) is 0.838. The monoisotopic (exact) mass is 327 g/mol. The van der Waals surface area contributed by atoms with E-state index in [1.165, 1.54) is 0 Å². The van der Waals surface area contributed by atoms with Crippen molar-refractivity contribution >= 4 is 35.1 Å². The number of halogens is 1. The molecule has 0 aromatic carbocycles. The Labute approximate surface area is 135 Å². The summed E-state index contributed by atoms with van der Waals surface area (Å²) in [7, 11) is 0. The smallest absolute Gasteiger partial charge is 0.271 e. The first-order valence-corrected chi connectivity index (χ1v) is 9.04. The summed E-state index contributed by atoms with van der Waals surface area (Å²) < 4.78 is 0. The number of anilines is 1. The largest absolute Gasteiger partial charge is 0.370 e. The number of thioether (sulfide) groups is 1. The van der Waals surface area contributed by atoms with Crippen molar-refractivity contribution < 1.29 is 4.79 Å². The molecule has 1 aromatic rings. The molecule has 2 rings (SSSR count). The van der Waals surface area contributed by atoms with Gasteiger partial charge in [0.25, 0.3) is 5.91 Å². The lowest BCUT2D eigenvalue weighted by Crippen LogP contribution is -2.34. The lowest BCUT2D eigenvalue weighted by molar-refractivity contribution is 0.0933. The van der Waals surface area contributed by atoms with Crippen molar-refractivity contribution in [3.63, 3.8) is 0 Å². The molecule has 1 amide bonds. The molecule has 2 unspecified atom stereocenters. The minimum absolute atomic E-state index is 0.174. The van der Waals surface area contributed by atoms with Gasteiger partial charge in [-0.05, 0) is 44.1 Å². The topological polar surface area (TPSA) is 54.0 Å². The molecule has 116 valence electrons. The van der Waals surface area contributed by atoms with Crippen molar-refractivity contribution in [2.75, 3.05) is 18.1 Å². The summed E-state index contributed by atoms with van der Waals surface area (Å²) in [5.41, 5.74) is 0.311. The zero-order valence-electron chi connectivity index (χ0n) is 12.5. The maximum absolute atomic E-state index is 12.3. The van der Waals surface area contributed by atoms with Crippen LogP contribution in [0.25, 0.3) is 0 Å². The fraction of sp³-hybridized carbons (Fsp3) is 0.600. The molecule has 1 saturated carbocycles. The van der Waals surface area contributed by atoms with Crippen LogP contribution < -0.4 is 10.6 Å². The Morgan fingerprint density at radius 1 is 1.48 bits per heavy atom. The van der Waals surface area contributed by atoms with Gasteiger partial charge in [-0.15, -0.1) is 0 Å². The summed E-state index contributed by atoms with van der Waals surface area (Å²) in [4.78, 5) is 16.7. The number of hydrogen-bond donors (Lipinski definition) is 2. The molecule has 1 aliphatic rings. The number of pyridine rings is 1. The Kier molecular flexibility index (Phi) is 6.18. The number of hydrogen-bond acceptors (Lipinski definition) is 4. The minimum Gasteiger partial charge on any atom is -0.370 e. The molecule has 1 aromatic heterocycles. The van der Waals surface area contributed by atoms with Crippen LogP contribution in [0.3, 0.4) is 0 Å². The van der Waals surface area contributed by atoms with Crippen LogP contribution in [-0.4, -0.2) is 35.0 Å². The molecule has 0 spiro atoms. The van der Waals surface area contributed by atoms with E-state index in [1.54, 1.807) is 12.1 Å². The Morgan fingerprint density at radius 2 is 2.29 bits per heavy atom. The predicted molar refractivity (Wildman–Crippen MR) is 90.4 cm³/mol. The van der Waals surface area contributed by atoms with Crippen LogP contribution in [0.2, 0.25) is 5.02 Å². The van der Waals surface area contributed by atoms with Crippen LogP contribution in [0.5, 0.6) is 0 Å². The second-order valence-electron chi connectivity index (χ2n) is 5.29. The van der Waals surface area contributed by atoms with Crippen molar-refractivity contribution in [1.29, 1.82) is 0 Å². The van der Waals surface area contributed by atoms with Crippen molar-refractivity contribution in [2.24, 2.45) is 0 Å². The fourth-order valence-electron chi connectivity index (χ4n) is 2.49. The highest BCUT2D eigenvalue weighted by atomic mass is 35.5. The van der Waals surface area contributed by atoms with Crippen molar-refractivity contribution in [3.05, 3.63) is 22.8 Å². The molecule has 4 nitrogen and oxygen atoms in total. The molecular weight excluding hydrogens is 306 g/mol. The lowest BCUT2D eigenvalue weighted by atomic mass is 10.2. The van der Waals surface area contributed by atoms with Crippen LogP contribution in [0.15, 0.2) is 12.1 Å². The normalized spacial score (nSPS) is 21.3. The van der Waals surface area contributed by atoms with Crippen LogP contribution in [-0.2, 0) is 0 Å². The summed E-state index contributed by atoms with van der Waals surface area (Å²) in [5.74, 6) is 0.520. The van der Waals surface area contributed by atoms with E-state index in [1.807, 2.05) is 11.8 Å². The van der Waals surface area contributed by atoms with E-state index in [2.05, 4.69) is 28.8 Å².